The minimum atomic E-state index is -1.62. The fraction of sp³-hybridized carbons (Fsp3) is 0.928. The van der Waals surface area contributed by atoms with Gasteiger partial charge in [-0.05, 0) is 38.5 Å². The molecule has 462 valence electrons. The lowest BCUT2D eigenvalue weighted by Gasteiger charge is -2.26. The molecule has 9 heteroatoms. The van der Waals surface area contributed by atoms with E-state index in [-0.39, 0.29) is 32.2 Å². The quantitative estimate of drug-likeness (QED) is 0.0195. The van der Waals surface area contributed by atoms with Gasteiger partial charge in [0, 0.05) is 12.8 Å². The van der Waals surface area contributed by atoms with Crippen molar-refractivity contribution in [3.8, 4) is 0 Å². The molecule has 0 spiro atoms. The van der Waals surface area contributed by atoms with E-state index in [2.05, 4.69) is 26.0 Å². The maximum absolute atomic E-state index is 12.9. The van der Waals surface area contributed by atoms with E-state index in [1.807, 2.05) is 21.1 Å². The molecule has 0 aromatic rings. The van der Waals surface area contributed by atoms with Crippen molar-refractivity contribution in [2.45, 2.75) is 367 Å². The molecule has 0 radical (unpaired) electrons. The van der Waals surface area contributed by atoms with Crippen LogP contribution in [-0.2, 0) is 33.3 Å². The number of rotatable bonds is 65. The van der Waals surface area contributed by atoms with E-state index in [0.29, 0.717) is 17.4 Å². The van der Waals surface area contributed by atoms with Crippen molar-refractivity contribution in [3.63, 3.8) is 0 Å². The number of ether oxygens (including phenoxy) is 4. The fourth-order valence-electron chi connectivity index (χ4n) is 10.5. The summed E-state index contributed by atoms with van der Waals surface area (Å²) in [6, 6.07) is 0. The number of carbonyl (C=O) groups excluding carboxylic acids is 3. The first-order valence-electron chi connectivity index (χ1n) is 34.3. The van der Waals surface area contributed by atoms with Crippen LogP contribution in [0.2, 0.25) is 0 Å². The maximum Gasteiger partial charge on any atom is 0.306 e. The highest BCUT2D eigenvalue weighted by atomic mass is 16.7. The number of nitrogens with zero attached hydrogens (tertiary/aromatic N) is 1. The summed E-state index contributed by atoms with van der Waals surface area (Å²) in [5.74, 6) is -2.25. The van der Waals surface area contributed by atoms with Crippen LogP contribution in [0, 0.1) is 0 Å². The molecule has 0 saturated carbocycles. The zero-order valence-corrected chi connectivity index (χ0v) is 52.8. The SMILES string of the molecule is CCCCCCCCCC/C=C\CCCCCCCCCCCCCCCCCCCC(=O)OC(COC(=O)CCCCCCCCCCCCCCCCCCCCCCCCCC)COC(OCC[N+](C)(C)C)C(=O)[O-]. The maximum atomic E-state index is 12.9. The number of carboxylic acids is 1. The van der Waals surface area contributed by atoms with Gasteiger partial charge in [-0.2, -0.15) is 0 Å². The number of likely N-dealkylation sites (N-methyl/N-ethyl adjacent to an activating group) is 1. The van der Waals surface area contributed by atoms with Gasteiger partial charge in [0.1, 0.15) is 13.2 Å². The second-order valence-corrected chi connectivity index (χ2v) is 24.8. The van der Waals surface area contributed by atoms with E-state index in [0.717, 1.165) is 38.5 Å². The Hall–Kier alpha value is -1.97. The molecule has 2 atom stereocenters. The normalized spacial score (nSPS) is 12.7. The second-order valence-electron chi connectivity index (χ2n) is 24.8. The Morgan fingerprint density at radius 1 is 0.372 bits per heavy atom. The van der Waals surface area contributed by atoms with E-state index in [9.17, 15) is 19.5 Å². The first kappa shape index (κ1) is 76.0. The van der Waals surface area contributed by atoms with Gasteiger partial charge in [0.05, 0.1) is 40.3 Å². The lowest BCUT2D eigenvalue weighted by atomic mass is 10.0. The van der Waals surface area contributed by atoms with Crippen LogP contribution in [0.25, 0.3) is 0 Å². The average Bonchev–Trinajstić information content (AvgIpc) is 3.41. The molecule has 0 aromatic carbocycles. The number of aliphatic carboxylic acids is 1. The predicted octanol–water partition coefficient (Wildman–Crippen LogP) is 19.5. The van der Waals surface area contributed by atoms with Crippen molar-refractivity contribution in [2.24, 2.45) is 0 Å². The third-order valence-corrected chi connectivity index (χ3v) is 15.8. The van der Waals surface area contributed by atoms with Crippen LogP contribution in [0.3, 0.4) is 0 Å². The minimum absolute atomic E-state index is 0.152. The number of quaternary nitrogens is 1. The van der Waals surface area contributed by atoms with E-state index in [4.69, 9.17) is 18.9 Å². The Balaban J connectivity index is 4.07. The van der Waals surface area contributed by atoms with Gasteiger partial charge in [-0.1, -0.05) is 315 Å². The topological polar surface area (TPSA) is 111 Å². The van der Waals surface area contributed by atoms with Crippen LogP contribution in [-0.4, -0.2) is 82.3 Å². The van der Waals surface area contributed by atoms with Crippen molar-refractivity contribution in [3.05, 3.63) is 12.2 Å². The van der Waals surface area contributed by atoms with Gasteiger partial charge in [-0.25, -0.2) is 0 Å². The van der Waals surface area contributed by atoms with Crippen LogP contribution < -0.4 is 5.11 Å². The van der Waals surface area contributed by atoms with Crippen molar-refractivity contribution >= 4 is 17.9 Å². The number of allylic oxidation sites excluding steroid dienone is 2. The molecule has 0 rings (SSSR count). The summed E-state index contributed by atoms with van der Waals surface area (Å²) in [5, 5.41) is 11.8. The number of hydrogen-bond donors (Lipinski definition) is 0. The van der Waals surface area contributed by atoms with Gasteiger partial charge in [-0.3, -0.25) is 9.59 Å². The highest BCUT2D eigenvalue weighted by Gasteiger charge is 2.22. The standard InChI is InChI=1S/C69H133NO8/c1-6-8-10-12-14-16-18-20-22-24-26-28-30-32-33-34-35-36-38-40-42-44-46-48-50-52-54-56-58-60-67(72)78-65(64-77-69(68(73)74)75-62-61-70(3,4)5)63-76-66(71)59-57-55-53-51-49-47-45-43-41-39-37-31-29-27-25-23-21-19-17-15-13-11-9-7-2/h24,26,65,69H,6-23,25,27-64H2,1-5H3/b26-24-. The molecular weight excluding hydrogens is 971 g/mol. The molecule has 2 unspecified atom stereocenters. The van der Waals surface area contributed by atoms with E-state index in [1.54, 1.807) is 0 Å². The molecule has 0 heterocycles. The molecule has 0 aliphatic rings. The second kappa shape index (κ2) is 61.1. The monoisotopic (exact) mass is 1100 g/mol. The number of carboxylic acid groups (broad SMARTS) is 1. The van der Waals surface area contributed by atoms with Gasteiger partial charge in [0.15, 0.2) is 12.4 Å². The van der Waals surface area contributed by atoms with Gasteiger partial charge >= 0.3 is 11.9 Å². The summed E-state index contributed by atoms with van der Waals surface area (Å²) in [7, 11) is 5.95. The molecular formula is C69H133NO8. The molecule has 78 heavy (non-hydrogen) atoms. The van der Waals surface area contributed by atoms with Crippen molar-refractivity contribution in [1.82, 2.24) is 0 Å². The molecule has 0 fully saturated rings. The smallest absolute Gasteiger partial charge is 0.306 e. The minimum Gasteiger partial charge on any atom is -0.545 e. The Kier molecular flexibility index (Phi) is 59.6. The molecule has 0 amide bonds. The summed E-state index contributed by atoms with van der Waals surface area (Å²) >= 11 is 0. The highest BCUT2D eigenvalue weighted by molar-refractivity contribution is 5.70. The number of carbonyl (C=O) groups is 3. The van der Waals surface area contributed by atoms with Gasteiger partial charge < -0.3 is 33.3 Å². The Morgan fingerprint density at radius 2 is 0.654 bits per heavy atom. The Labute approximate surface area is 485 Å². The summed E-state index contributed by atoms with van der Waals surface area (Å²) < 4.78 is 22.8. The Bertz CT molecular complexity index is 1280. The van der Waals surface area contributed by atoms with Gasteiger partial charge in [-0.15, -0.1) is 0 Å². The third kappa shape index (κ3) is 61.6. The summed E-state index contributed by atoms with van der Waals surface area (Å²) in [5.41, 5.74) is 0. The predicted molar refractivity (Wildman–Crippen MR) is 330 cm³/mol. The van der Waals surface area contributed by atoms with Crippen LogP contribution in [0.5, 0.6) is 0 Å². The lowest BCUT2D eigenvalue weighted by Crippen LogP contribution is -2.44. The molecule has 0 aliphatic carbocycles. The Morgan fingerprint density at radius 3 is 0.949 bits per heavy atom. The van der Waals surface area contributed by atoms with Crippen LogP contribution in [0.1, 0.15) is 354 Å². The van der Waals surface area contributed by atoms with Crippen LogP contribution >= 0.6 is 0 Å². The first-order valence-corrected chi connectivity index (χ1v) is 34.3. The van der Waals surface area contributed by atoms with Gasteiger partial charge in [0.25, 0.3) is 0 Å². The third-order valence-electron chi connectivity index (χ3n) is 15.8. The first-order chi connectivity index (χ1) is 38.1. The summed E-state index contributed by atoms with van der Waals surface area (Å²) in [6.07, 6.45) is 70.1. The molecule has 0 bridgehead atoms. The largest absolute Gasteiger partial charge is 0.545 e. The molecule has 9 nitrogen and oxygen atoms in total. The highest BCUT2D eigenvalue weighted by Crippen LogP contribution is 2.19. The lowest BCUT2D eigenvalue weighted by molar-refractivity contribution is -0.870. The van der Waals surface area contributed by atoms with Gasteiger partial charge in [0.2, 0.25) is 0 Å². The number of unbranched alkanes of at least 4 members (excludes halogenated alkanes) is 48. The molecule has 0 saturated heterocycles. The van der Waals surface area contributed by atoms with Crippen LogP contribution in [0.4, 0.5) is 0 Å². The zero-order valence-electron chi connectivity index (χ0n) is 52.8. The molecule has 0 N–H and O–H groups in total. The molecule has 0 aliphatic heterocycles. The zero-order chi connectivity index (χ0) is 56.9. The van der Waals surface area contributed by atoms with E-state index in [1.165, 1.54) is 289 Å². The van der Waals surface area contributed by atoms with Crippen LogP contribution in [0.15, 0.2) is 12.2 Å². The number of esters is 2. The fourth-order valence-corrected chi connectivity index (χ4v) is 10.5. The summed E-state index contributed by atoms with van der Waals surface area (Å²) in [6.45, 7) is 4.83. The van der Waals surface area contributed by atoms with E-state index < -0.39 is 24.3 Å². The van der Waals surface area contributed by atoms with E-state index >= 15 is 0 Å². The van der Waals surface area contributed by atoms with Crippen molar-refractivity contribution in [1.29, 1.82) is 0 Å². The van der Waals surface area contributed by atoms with Crippen molar-refractivity contribution < 1.29 is 42.9 Å². The molecule has 0 aromatic heterocycles. The summed E-state index contributed by atoms with van der Waals surface area (Å²) in [4.78, 5) is 37.4. The average molecular weight is 1100 g/mol. The van der Waals surface area contributed by atoms with Crippen molar-refractivity contribution in [2.75, 3.05) is 47.5 Å². The number of hydrogen-bond acceptors (Lipinski definition) is 8.